The smallest absolute Gasteiger partial charge is 0.234 e. The minimum atomic E-state index is -0.0992. The van der Waals surface area contributed by atoms with E-state index in [1.54, 1.807) is 10.9 Å². The minimum Gasteiger partial charge on any atom is -0.322 e. The number of aromatic nitrogens is 4. The van der Waals surface area contributed by atoms with Crippen LogP contribution in [0, 0.1) is 13.8 Å². The molecule has 0 spiro atoms. The molecule has 0 aliphatic carbocycles. The van der Waals surface area contributed by atoms with Crippen molar-refractivity contribution in [2.24, 2.45) is 7.05 Å². The van der Waals surface area contributed by atoms with Crippen molar-refractivity contribution in [3.63, 3.8) is 0 Å². The third kappa shape index (κ3) is 4.06. The second-order valence-corrected chi connectivity index (χ2v) is 6.54. The molecule has 0 atom stereocenters. The Hall–Kier alpha value is -2.67. The third-order valence-corrected chi connectivity index (χ3v) is 4.67. The van der Waals surface area contributed by atoms with Crippen LogP contribution in [0.3, 0.4) is 0 Å². The Balaban J connectivity index is 1.65. The molecule has 1 N–H and O–H groups in total. The zero-order valence-electron chi connectivity index (χ0n) is 14.4. The Morgan fingerprint density at radius 3 is 2.64 bits per heavy atom. The largest absolute Gasteiger partial charge is 0.322 e. The monoisotopic (exact) mass is 353 g/mol. The van der Waals surface area contributed by atoms with Gasteiger partial charge < -0.3 is 5.32 Å². The van der Waals surface area contributed by atoms with Crippen molar-refractivity contribution in [2.75, 3.05) is 11.1 Å². The molecule has 0 radical (unpaired) electrons. The van der Waals surface area contributed by atoms with E-state index in [0.29, 0.717) is 5.16 Å². The van der Waals surface area contributed by atoms with Crippen molar-refractivity contribution in [3.8, 4) is 11.3 Å². The van der Waals surface area contributed by atoms with E-state index in [9.17, 15) is 4.79 Å². The maximum atomic E-state index is 12.2. The van der Waals surface area contributed by atoms with Gasteiger partial charge in [0.25, 0.3) is 0 Å². The number of thioether (sulfide) groups is 1. The molecule has 0 fully saturated rings. The summed E-state index contributed by atoms with van der Waals surface area (Å²) in [6.45, 7) is 3.80. The second-order valence-electron chi connectivity index (χ2n) is 5.60. The zero-order valence-corrected chi connectivity index (χ0v) is 15.2. The molecule has 0 unspecified atom stereocenters. The van der Waals surface area contributed by atoms with E-state index in [1.165, 1.54) is 11.8 Å². The van der Waals surface area contributed by atoms with Crippen LogP contribution in [0.5, 0.6) is 0 Å². The standard InChI is InChI=1S/C18H19N5OS/c1-12-17(13(2)23(3)22-12)21-16(24)11-25-18-19-10-9-15(20-18)14-7-5-4-6-8-14/h4-10H,11H2,1-3H3,(H,21,24). The Kier molecular flexibility index (Phi) is 5.14. The van der Waals surface area contributed by atoms with Crippen LogP contribution in [0.2, 0.25) is 0 Å². The summed E-state index contributed by atoms with van der Waals surface area (Å²) >= 11 is 1.31. The van der Waals surface area contributed by atoms with Crippen molar-refractivity contribution in [2.45, 2.75) is 19.0 Å². The molecule has 25 heavy (non-hydrogen) atoms. The third-order valence-electron chi connectivity index (χ3n) is 3.81. The van der Waals surface area contributed by atoms with Gasteiger partial charge in [-0.15, -0.1) is 0 Å². The maximum Gasteiger partial charge on any atom is 0.234 e. The van der Waals surface area contributed by atoms with Gasteiger partial charge in [0.05, 0.1) is 28.5 Å². The van der Waals surface area contributed by atoms with Crippen LogP contribution in [-0.2, 0) is 11.8 Å². The highest BCUT2D eigenvalue weighted by atomic mass is 32.2. The van der Waals surface area contributed by atoms with Crippen molar-refractivity contribution < 1.29 is 4.79 Å². The molecule has 0 bridgehead atoms. The highest BCUT2D eigenvalue weighted by Crippen LogP contribution is 2.21. The number of benzene rings is 1. The minimum absolute atomic E-state index is 0.0992. The molecule has 0 saturated heterocycles. The summed E-state index contributed by atoms with van der Waals surface area (Å²) in [5.41, 5.74) is 4.38. The number of hydrogen-bond donors (Lipinski definition) is 1. The fraction of sp³-hybridized carbons (Fsp3) is 0.222. The SMILES string of the molecule is Cc1nn(C)c(C)c1NC(=O)CSc1nccc(-c2ccccc2)n1. The Bertz CT molecular complexity index is 892. The molecule has 7 heteroatoms. The van der Waals surface area contributed by atoms with Gasteiger partial charge >= 0.3 is 0 Å². The molecule has 6 nitrogen and oxygen atoms in total. The van der Waals surface area contributed by atoms with Crippen molar-refractivity contribution in [1.29, 1.82) is 0 Å². The van der Waals surface area contributed by atoms with E-state index in [2.05, 4.69) is 20.4 Å². The summed E-state index contributed by atoms with van der Waals surface area (Å²) in [6, 6.07) is 11.8. The number of carbonyl (C=O) groups excluding carboxylic acids is 1. The van der Waals surface area contributed by atoms with Gasteiger partial charge in [0, 0.05) is 18.8 Å². The Labute approximate surface area is 150 Å². The zero-order chi connectivity index (χ0) is 17.8. The number of carbonyl (C=O) groups is 1. The number of nitrogens with zero attached hydrogens (tertiary/aromatic N) is 4. The van der Waals surface area contributed by atoms with E-state index in [1.807, 2.05) is 57.3 Å². The first-order valence-corrected chi connectivity index (χ1v) is 8.84. The highest BCUT2D eigenvalue weighted by molar-refractivity contribution is 7.99. The summed E-state index contributed by atoms with van der Waals surface area (Å²) in [5, 5.41) is 7.79. The highest BCUT2D eigenvalue weighted by Gasteiger charge is 2.13. The molecule has 0 saturated carbocycles. The van der Waals surface area contributed by atoms with E-state index in [0.717, 1.165) is 28.3 Å². The van der Waals surface area contributed by atoms with Gasteiger partial charge in [0.2, 0.25) is 5.91 Å². The normalized spacial score (nSPS) is 10.7. The van der Waals surface area contributed by atoms with Crippen LogP contribution < -0.4 is 5.32 Å². The van der Waals surface area contributed by atoms with Gasteiger partial charge in [-0.2, -0.15) is 5.10 Å². The van der Waals surface area contributed by atoms with Crippen LogP contribution in [0.1, 0.15) is 11.4 Å². The Morgan fingerprint density at radius 2 is 1.96 bits per heavy atom. The molecule has 1 aromatic carbocycles. The van der Waals surface area contributed by atoms with Gasteiger partial charge in [0.1, 0.15) is 0 Å². The topological polar surface area (TPSA) is 72.7 Å². The van der Waals surface area contributed by atoms with Crippen LogP contribution in [0.4, 0.5) is 5.69 Å². The average Bonchev–Trinajstić information content (AvgIpc) is 2.87. The van der Waals surface area contributed by atoms with Crippen molar-refractivity contribution in [1.82, 2.24) is 19.7 Å². The number of amides is 1. The Morgan fingerprint density at radius 1 is 1.20 bits per heavy atom. The van der Waals surface area contributed by atoms with Crippen molar-refractivity contribution >= 4 is 23.4 Å². The number of hydrogen-bond acceptors (Lipinski definition) is 5. The summed E-state index contributed by atoms with van der Waals surface area (Å²) in [5.74, 6) is 0.143. The van der Waals surface area contributed by atoms with E-state index in [-0.39, 0.29) is 11.7 Å². The van der Waals surface area contributed by atoms with Crippen LogP contribution >= 0.6 is 11.8 Å². The second kappa shape index (κ2) is 7.48. The van der Waals surface area contributed by atoms with E-state index in [4.69, 9.17) is 0 Å². The number of aryl methyl sites for hydroxylation is 2. The van der Waals surface area contributed by atoms with E-state index < -0.39 is 0 Å². The fourth-order valence-corrected chi connectivity index (χ4v) is 3.07. The fourth-order valence-electron chi connectivity index (χ4n) is 2.44. The molecular weight excluding hydrogens is 334 g/mol. The summed E-state index contributed by atoms with van der Waals surface area (Å²) in [6.07, 6.45) is 1.71. The molecule has 128 valence electrons. The predicted octanol–water partition coefficient (Wildman–Crippen LogP) is 3.22. The quantitative estimate of drug-likeness (QED) is 0.563. The molecule has 3 aromatic rings. The van der Waals surface area contributed by atoms with Gasteiger partial charge in [0.15, 0.2) is 5.16 Å². The lowest BCUT2D eigenvalue weighted by Gasteiger charge is -2.06. The molecule has 0 aliphatic heterocycles. The predicted molar refractivity (Wildman–Crippen MR) is 99.5 cm³/mol. The average molecular weight is 353 g/mol. The number of anilines is 1. The summed E-state index contributed by atoms with van der Waals surface area (Å²) in [7, 11) is 1.86. The van der Waals surface area contributed by atoms with Crippen LogP contribution in [0.25, 0.3) is 11.3 Å². The van der Waals surface area contributed by atoms with Gasteiger partial charge in [-0.25, -0.2) is 9.97 Å². The first kappa shape index (κ1) is 17.2. The lowest BCUT2D eigenvalue weighted by molar-refractivity contribution is -0.113. The first-order valence-electron chi connectivity index (χ1n) is 7.86. The number of nitrogens with one attached hydrogen (secondary N) is 1. The molecule has 2 aromatic heterocycles. The molecule has 0 aliphatic rings. The molecule has 2 heterocycles. The van der Waals surface area contributed by atoms with Gasteiger partial charge in [-0.1, -0.05) is 42.1 Å². The first-order chi connectivity index (χ1) is 12.0. The van der Waals surface area contributed by atoms with Crippen LogP contribution in [0.15, 0.2) is 47.8 Å². The lowest BCUT2D eigenvalue weighted by Crippen LogP contribution is -2.15. The van der Waals surface area contributed by atoms with E-state index >= 15 is 0 Å². The molecule has 3 rings (SSSR count). The molecule has 1 amide bonds. The lowest BCUT2D eigenvalue weighted by atomic mass is 10.1. The van der Waals surface area contributed by atoms with Crippen molar-refractivity contribution in [3.05, 3.63) is 54.0 Å². The maximum absolute atomic E-state index is 12.2. The van der Waals surface area contributed by atoms with Gasteiger partial charge in [-0.05, 0) is 19.9 Å². The summed E-state index contributed by atoms with van der Waals surface area (Å²) in [4.78, 5) is 21.0. The summed E-state index contributed by atoms with van der Waals surface area (Å²) < 4.78 is 1.75. The van der Waals surface area contributed by atoms with Gasteiger partial charge in [-0.3, -0.25) is 9.48 Å². The van der Waals surface area contributed by atoms with Crippen LogP contribution in [-0.4, -0.2) is 31.4 Å². The molecular formula is C18H19N5OS. The number of rotatable bonds is 5.